The fourth-order valence-corrected chi connectivity index (χ4v) is 5.44. The lowest BCUT2D eigenvalue weighted by molar-refractivity contribution is -0.138. The van der Waals surface area contributed by atoms with Gasteiger partial charge in [-0.05, 0) is 55.3 Å². The fourth-order valence-electron chi connectivity index (χ4n) is 4.60. The van der Waals surface area contributed by atoms with Crippen LogP contribution in [0.5, 0.6) is 11.5 Å². The zero-order chi connectivity index (χ0) is 22.8. The number of hydrogen-bond acceptors (Lipinski definition) is 7. The van der Waals surface area contributed by atoms with E-state index in [9.17, 15) is 9.59 Å². The van der Waals surface area contributed by atoms with E-state index in [2.05, 4.69) is 5.32 Å². The summed E-state index contributed by atoms with van der Waals surface area (Å²) in [5.74, 6) is 0.581. The van der Waals surface area contributed by atoms with Crippen molar-refractivity contribution in [1.82, 2.24) is 5.32 Å². The molecule has 7 heteroatoms. The van der Waals surface area contributed by atoms with Crippen LogP contribution in [0.2, 0.25) is 0 Å². The minimum atomic E-state index is -0.399. The first kappa shape index (κ1) is 22.1. The first-order valence-electron chi connectivity index (χ1n) is 10.6. The number of dihydropyridines is 1. The second-order valence-electron chi connectivity index (χ2n) is 7.87. The Bertz CT molecular complexity index is 1100. The minimum absolute atomic E-state index is 0.00878. The van der Waals surface area contributed by atoms with Crippen molar-refractivity contribution in [2.24, 2.45) is 0 Å². The predicted molar refractivity (Wildman–Crippen MR) is 123 cm³/mol. The number of carbonyl (C=O) groups is 2. The van der Waals surface area contributed by atoms with E-state index in [-0.39, 0.29) is 24.3 Å². The molecule has 168 valence electrons. The van der Waals surface area contributed by atoms with E-state index in [1.807, 2.05) is 42.6 Å². The molecule has 0 radical (unpaired) electrons. The second kappa shape index (κ2) is 9.20. The summed E-state index contributed by atoms with van der Waals surface area (Å²) < 4.78 is 16.1. The first-order chi connectivity index (χ1) is 15.5. The maximum Gasteiger partial charge on any atom is 0.336 e. The summed E-state index contributed by atoms with van der Waals surface area (Å²) >= 11 is 1.55. The van der Waals surface area contributed by atoms with Crippen LogP contribution in [0, 0.1) is 0 Å². The molecule has 1 aromatic heterocycles. The second-order valence-corrected chi connectivity index (χ2v) is 8.85. The fraction of sp³-hybridized carbons (Fsp3) is 0.360. The number of thiophene rings is 1. The van der Waals surface area contributed by atoms with Gasteiger partial charge in [0.2, 0.25) is 0 Å². The minimum Gasteiger partial charge on any atom is -0.493 e. The molecule has 0 spiro atoms. The lowest BCUT2D eigenvalue weighted by atomic mass is 9.73. The number of Topliss-reactive ketones (excluding diaryl/α,β-unsaturated/α-hetero) is 1. The molecule has 2 heterocycles. The summed E-state index contributed by atoms with van der Waals surface area (Å²) in [5.41, 5.74) is 3.84. The van der Waals surface area contributed by atoms with Gasteiger partial charge in [-0.3, -0.25) is 4.79 Å². The third-order valence-corrected chi connectivity index (χ3v) is 6.97. The third-order valence-electron chi connectivity index (χ3n) is 6.03. The van der Waals surface area contributed by atoms with E-state index >= 15 is 0 Å². The standard InChI is InChI=1S/C25H27NO5S/c1-5-31-25(28)22-14(2)26-17-11-16(15-8-9-19(29-3)20(13-15)30-4)12-18(27)23(17)24(22)21-7-6-10-32-21/h6-10,13,16,24,26H,5,11-12H2,1-4H3/t16-,24+/m1/s1. The summed E-state index contributed by atoms with van der Waals surface area (Å²) in [7, 11) is 3.21. The third kappa shape index (κ3) is 3.93. The molecule has 1 aromatic carbocycles. The summed E-state index contributed by atoms with van der Waals surface area (Å²) in [5, 5.41) is 5.33. The Morgan fingerprint density at radius 1 is 1.16 bits per heavy atom. The van der Waals surface area contributed by atoms with Gasteiger partial charge in [0.25, 0.3) is 0 Å². The Morgan fingerprint density at radius 2 is 1.94 bits per heavy atom. The number of nitrogens with one attached hydrogen (secondary N) is 1. The number of carbonyl (C=O) groups excluding carboxylic acids is 2. The van der Waals surface area contributed by atoms with Crippen LogP contribution in [0.1, 0.15) is 49.0 Å². The van der Waals surface area contributed by atoms with Crippen molar-refractivity contribution >= 4 is 23.1 Å². The molecular weight excluding hydrogens is 426 g/mol. The topological polar surface area (TPSA) is 73.9 Å². The van der Waals surface area contributed by atoms with Crippen molar-refractivity contribution in [3.63, 3.8) is 0 Å². The predicted octanol–water partition coefficient (Wildman–Crippen LogP) is 4.69. The van der Waals surface area contributed by atoms with E-state index in [1.165, 1.54) is 0 Å². The summed E-state index contributed by atoms with van der Waals surface area (Å²) in [6, 6.07) is 9.72. The Balaban J connectivity index is 1.74. The maximum absolute atomic E-state index is 13.5. The summed E-state index contributed by atoms with van der Waals surface area (Å²) in [4.78, 5) is 27.3. The van der Waals surface area contributed by atoms with Crippen molar-refractivity contribution in [1.29, 1.82) is 0 Å². The van der Waals surface area contributed by atoms with Gasteiger partial charge < -0.3 is 19.5 Å². The van der Waals surface area contributed by atoms with Crippen LogP contribution in [0.25, 0.3) is 0 Å². The van der Waals surface area contributed by atoms with Crippen molar-refractivity contribution < 1.29 is 23.8 Å². The zero-order valence-electron chi connectivity index (χ0n) is 18.7. The number of ketones is 1. The van der Waals surface area contributed by atoms with Gasteiger partial charge in [-0.25, -0.2) is 4.79 Å². The number of rotatable bonds is 6. The molecule has 0 fully saturated rings. The van der Waals surface area contributed by atoms with Crippen LogP contribution in [-0.2, 0) is 14.3 Å². The molecular formula is C25H27NO5S. The summed E-state index contributed by atoms with van der Waals surface area (Å²) in [6.45, 7) is 3.95. The average Bonchev–Trinajstić information content (AvgIpc) is 3.32. The molecule has 2 atom stereocenters. The highest BCUT2D eigenvalue weighted by molar-refractivity contribution is 7.10. The summed E-state index contributed by atoms with van der Waals surface area (Å²) in [6.07, 6.45) is 1.04. The number of allylic oxidation sites excluding steroid dienone is 3. The normalized spacial score (nSPS) is 20.6. The van der Waals surface area contributed by atoms with Gasteiger partial charge in [-0.2, -0.15) is 0 Å². The quantitative estimate of drug-likeness (QED) is 0.640. The Morgan fingerprint density at radius 3 is 2.59 bits per heavy atom. The number of hydrogen-bond donors (Lipinski definition) is 1. The van der Waals surface area contributed by atoms with E-state index in [0.717, 1.165) is 21.8 Å². The molecule has 0 saturated heterocycles. The lowest BCUT2D eigenvalue weighted by Gasteiger charge is -2.36. The molecule has 2 aliphatic rings. The van der Waals surface area contributed by atoms with Crippen LogP contribution in [-0.4, -0.2) is 32.6 Å². The number of methoxy groups -OCH3 is 2. The van der Waals surface area contributed by atoms with Gasteiger partial charge in [0.1, 0.15) is 0 Å². The van der Waals surface area contributed by atoms with Crippen molar-refractivity contribution in [2.75, 3.05) is 20.8 Å². The molecule has 1 aliphatic carbocycles. The van der Waals surface area contributed by atoms with E-state index in [0.29, 0.717) is 35.5 Å². The van der Waals surface area contributed by atoms with Gasteiger partial charge in [0.15, 0.2) is 17.3 Å². The van der Waals surface area contributed by atoms with Crippen LogP contribution in [0.3, 0.4) is 0 Å². The van der Waals surface area contributed by atoms with Crippen LogP contribution in [0.15, 0.2) is 58.3 Å². The van der Waals surface area contributed by atoms with Crippen LogP contribution in [0.4, 0.5) is 0 Å². The molecule has 2 aromatic rings. The smallest absolute Gasteiger partial charge is 0.336 e. The van der Waals surface area contributed by atoms with Crippen molar-refractivity contribution in [3.8, 4) is 11.5 Å². The number of benzene rings is 1. The van der Waals surface area contributed by atoms with Crippen molar-refractivity contribution in [3.05, 3.63) is 68.7 Å². The SMILES string of the molecule is CCOC(=O)C1=C(C)NC2=C(C(=O)C[C@H](c3ccc(OC)c(OC)c3)C2)[C@H]1c1cccs1. The molecule has 6 nitrogen and oxygen atoms in total. The van der Waals surface area contributed by atoms with E-state index in [1.54, 1.807) is 32.5 Å². The molecule has 0 bridgehead atoms. The van der Waals surface area contributed by atoms with Gasteiger partial charge in [-0.1, -0.05) is 12.1 Å². The van der Waals surface area contributed by atoms with E-state index < -0.39 is 5.92 Å². The van der Waals surface area contributed by atoms with Gasteiger partial charge in [-0.15, -0.1) is 11.3 Å². The Kier molecular flexibility index (Phi) is 6.37. The van der Waals surface area contributed by atoms with Crippen molar-refractivity contribution in [2.45, 2.75) is 38.5 Å². The van der Waals surface area contributed by atoms with E-state index in [4.69, 9.17) is 14.2 Å². The largest absolute Gasteiger partial charge is 0.493 e. The Hall–Kier alpha value is -3.06. The number of esters is 1. The highest BCUT2D eigenvalue weighted by atomic mass is 32.1. The monoisotopic (exact) mass is 453 g/mol. The van der Waals surface area contributed by atoms with Gasteiger partial charge in [0, 0.05) is 28.3 Å². The molecule has 0 saturated carbocycles. The van der Waals surface area contributed by atoms with Crippen LogP contribution >= 0.6 is 11.3 Å². The molecule has 1 aliphatic heterocycles. The van der Waals surface area contributed by atoms with Gasteiger partial charge >= 0.3 is 5.97 Å². The Labute approximate surface area is 191 Å². The molecule has 1 N–H and O–H groups in total. The zero-order valence-corrected chi connectivity index (χ0v) is 19.5. The molecule has 32 heavy (non-hydrogen) atoms. The highest BCUT2D eigenvalue weighted by Gasteiger charge is 2.41. The number of ether oxygens (including phenoxy) is 3. The average molecular weight is 454 g/mol. The molecule has 0 unspecified atom stereocenters. The van der Waals surface area contributed by atoms with Gasteiger partial charge in [0.05, 0.1) is 32.3 Å². The first-order valence-corrected chi connectivity index (χ1v) is 11.5. The molecule has 0 amide bonds. The lowest BCUT2D eigenvalue weighted by Crippen LogP contribution is -2.35. The molecule has 4 rings (SSSR count). The highest BCUT2D eigenvalue weighted by Crippen LogP contribution is 2.47. The van der Waals surface area contributed by atoms with Crippen LogP contribution < -0.4 is 14.8 Å². The maximum atomic E-state index is 13.5.